The van der Waals surface area contributed by atoms with Gasteiger partial charge in [0.05, 0.1) is 5.69 Å². The molecule has 2 amide bonds. The van der Waals surface area contributed by atoms with Crippen LogP contribution in [0.5, 0.6) is 0 Å². The summed E-state index contributed by atoms with van der Waals surface area (Å²) < 4.78 is 0. The van der Waals surface area contributed by atoms with Gasteiger partial charge in [-0.3, -0.25) is 9.59 Å². The second-order valence-corrected chi connectivity index (χ2v) is 5.71. The molecule has 0 atom stereocenters. The third kappa shape index (κ3) is 2.50. The van der Waals surface area contributed by atoms with E-state index >= 15 is 0 Å². The lowest BCUT2D eigenvalue weighted by molar-refractivity contribution is -0.120. The van der Waals surface area contributed by atoms with Gasteiger partial charge in [-0.2, -0.15) is 0 Å². The molecule has 1 aromatic carbocycles. The zero-order valence-corrected chi connectivity index (χ0v) is 10.9. The number of carbonyl (C=O) groups is 2. The van der Waals surface area contributed by atoms with Crippen molar-refractivity contribution in [1.82, 2.24) is 0 Å². The molecule has 0 saturated heterocycles. The van der Waals surface area contributed by atoms with Crippen molar-refractivity contribution in [2.24, 2.45) is 5.41 Å². The van der Waals surface area contributed by atoms with E-state index < -0.39 is 0 Å². The van der Waals surface area contributed by atoms with Crippen molar-refractivity contribution < 1.29 is 9.59 Å². The van der Waals surface area contributed by atoms with E-state index in [0.717, 1.165) is 12.0 Å². The second kappa shape index (κ2) is 4.41. The van der Waals surface area contributed by atoms with E-state index in [1.807, 2.05) is 24.3 Å². The van der Waals surface area contributed by atoms with Crippen LogP contribution in [0.3, 0.4) is 0 Å². The molecule has 3 nitrogen and oxygen atoms in total. The van der Waals surface area contributed by atoms with E-state index in [0.29, 0.717) is 5.69 Å². The van der Waals surface area contributed by atoms with Crippen molar-refractivity contribution in [3.8, 4) is 0 Å². The minimum Gasteiger partial charge on any atom is -0.269 e. The van der Waals surface area contributed by atoms with Crippen LogP contribution in [0.2, 0.25) is 0 Å². The molecule has 0 bridgehead atoms. The number of nitrogens with zero attached hydrogens (tertiary/aromatic N) is 1. The third-order valence-electron chi connectivity index (χ3n) is 2.76. The van der Waals surface area contributed by atoms with Gasteiger partial charge in [0, 0.05) is 12.2 Å². The SMILES string of the molecule is CC(C)(C)Cc1ccccc1N1C(=O)C=CC1=O. The normalized spacial score (nSPS) is 15.6. The summed E-state index contributed by atoms with van der Waals surface area (Å²) in [5, 5.41) is 0. The first-order valence-electron chi connectivity index (χ1n) is 6.02. The van der Waals surface area contributed by atoms with Gasteiger partial charge < -0.3 is 0 Å². The van der Waals surface area contributed by atoms with Crippen molar-refractivity contribution in [3.63, 3.8) is 0 Å². The molecule has 0 unspecified atom stereocenters. The molecule has 0 fully saturated rings. The maximum atomic E-state index is 11.7. The molecular formula is C15H17NO2. The van der Waals surface area contributed by atoms with E-state index in [-0.39, 0.29) is 17.2 Å². The molecule has 94 valence electrons. The largest absolute Gasteiger partial charge is 0.269 e. The first-order chi connectivity index (χ1) is 8.38. The maximum absolute atomic E-state index is 11.7. The average Bonchev–Trinajstić information content (AvgIpc) is 2.58. The molecule has 1 aliphatic heterocycles. The predicted molar refractivity (Wildman–Crippen MR) is 71.2 cm³/mol. The summed E-state index contributed by atoms with van der Waals surface area (Å²) in [6.07, 6.45) is 3.45. The Kier molecular flexibility index (Phi) is 3.07. The minimum absolute atomic E-state index is 0.106. The lowest BCUT2D eigenvalue weighted by Crippen LogP contribution is -2.31. The summed E-state index contributed by atoms with van der Waals surface area (Å²) in [4.78, 5) is 24.7. The lowest BCUT2D eigenvalue weighted by atomic mass is 9.87. The predicted octanol–water partition coefficient (Wildman–Crippen LogP) is 2.70. The molecule has 0 aromatic heterocycles. The van der Waals surface area contributed by atoms with Crippen LogP contribution in [-0.2, 0) is 16.0 Å². The number of anilines is 1. The van der Waals surface area contributed by atoms with Crippen LogP contribution in [0.1, 0.15) is 26.3 Å². The van der Waals surface area contributed by atoms with Gasteiger partial charge in [-0.1, -0.05) is 39.0 Å². The highest BCUT2D eigenvalue weighted by Crippen LogP contribution is 2.29. The Morgan fingerprint density at radius 3 is 2.11 bits per heavy atom. The van der Waals surface area contributed by atoms with E-state index in [1.54, 1.807) is 0 Å². The Hall–Kier alpha value is -1.90. The van der Waals surface area contributed by atoms with Crippen LogP contribution < -0.4 is 4.90 Å². The van der Waals surface area contributed by atoms with Crippen LogP contribution in [0, 0.1) is 5.41 Å². The van der Waals surface area contributed by atoms with Crippen LogP contribution in [0.15, 0.2) is 36.4 Å². The Morgan fingerprint density at radius 2 is 1.56 bits per heavy atom. The molecule has 18 heavy (non-hydrogen) atoms. The van der Waals surface area contributed by atoms with E-state index in [2.05, 4.69) is 20.8 Å². The highest BCUT2D eigenvalue weighted by atomic mass is 16.2. The quantitative estimate of drug-likeness (QED) is 0.749. The first-order valence-corrected chi connectivity index (χ1v) is 6.02. The van der Waals surface area contributed by atoms with Crippen LogP contribution >= 0.6 is 0 Å². The molecule has 0 radical (unpaired) electrons. The van der Waals surface area contributed by atoms with Crippen molar-refractivity contribution in [3.05, 3.63) is 42.0 Å². The number of imide groups is 1. The van der Waals surface area contributed by atoms with Crippen molar-refractivity contribution in [1.29, 1.82) is 0 Å². The van der Waals surface area contributed by atoms with Gasteiger partial charge in [-0.25, -0.2) is 4.90 Å². The number of hydrogen-bond donors (Lipinski definition) is 0. The standard InChI is InChI=1S/C15H17NO2/c1-15(2,3)10-11-6-4-5-7-12(11)16-13(17)8-9-14(16)18/h4-9H,10H2,1-3H3. The van der Waals surface area contributed by atoms with E-state index in [9.17, 15) is 9.59 Å². The molecular weight excluding hydrogens is 226 g/mol. The number of amides is 2. The molecule has 1 aliphatic rings. The Labute approximate surface area is 107 Å². The van der Waals surface area contributed by atoms with Crippen LogP contribution in [-0.4, -0.2) is 11.8 Å². The molecule has 0 spiro atoms. The second-order valence-electron chi connectivity index (χ2n) is 5.71. The summed E-state index contributed by atoms with van der Waals surface area (Å²) in [5.74, 6) is -0.525. The van der Waals surface area contributed by atoms with Gasteiger partial charge in [-0.05, 0) is 23.5 Å². The number of hydrogen-bond acceptors (Lipinski definition) is 2. The van der Waals surface area contributed by atoms with Crippen molar-refractivity contribution >= 4 is 17.5 Å². The monoisotopic (exact) mass is 243 g/mol. The summed E-state index contributed by atoms with van der Waals surface area (Å²) >= 11 is 0. The van der Waals surface area contributed by atoms with Gasteiger partial charge in [0.1, 0.15) is 0 Å². The number of carbonyl (C=O) groups excluding carboxylic acids is 2. The Balaban J connectivity index is 2.39. The maximum Gasteiger partial charge on any atom is 0.258 e. The zero-order chi connectivity index (χ0) is 13.3. The molecule has 0 N–H and O–H groups in total. The number of para-hydroxylation sites is 1. The molecule has 1 heterocycles. The van der Waals surface area contributed by atoms with Gasteiger partial charge in [-0.15, -0.1) is 0 Å². The van der Waals surface area contributed by atoms with E-state index in [4.69, 9.17) is 0 Å². The van der Waals surface area contributed by atoms with Gasteiger partial charge >= 0.3 is 0 Å². The highest BCUT2D eigenvalue weighted by molar-refractivity contribution is 6.28. The topological polar surface area (TPSA) is 37.4 Å². The average molecular weight is 243 g/mol. The first kappa shape index (κ1) is 12.6. The molecule has 0 saturated carbocycles. The third-order valence-corrected chi connectivity index (χ3v) is 2.76. The van der Waals surface area contributed by atoms with Crippen molar-refractivity contribution in [2.45, 2.75) is 27.2 Å². The van der Waals surface area contributed by atoms with E-state index in [1.165, 1.54) is 17.1 Å². The number of benzene rings is 1. The van der Waals surface area contributed by atoms with Crippen LogP contribution in [0.4, 0.5) is 5.69 Å². The molecule has 3 heteroatoms. The fraction of sp³-hybridized carbons (Fsp3) is 0.333. The van der Waals surface area contributed by atoms with Crippen LogP contribution in [0.25, 0.3) is 0 Å². The summed E-state index contributed by atoms with van der Waals surface area (Å²) in [7, 11) is 0. The summed E-state index contributed by atoms with van der Waals surface area (Å²) in [6, 6.07) is 7.58. The molecule has 0 aliphatic carbocycles. The summed E-state index contributed by atoms with van der Waals surface area (Å²) in [6.45, 7) is 6.40. The van der Waals surface area contributed by atoms with Gasteiger partial charge in [0.25, 0.3) is 11.8 Å². The zero-order valence-electron chi connectivity index (χ0n) is 10.9. The highest BCUT2D eigenvalue weighted by Gasteiger charge is 2.27. The molecule has 2 rings (SSSR count). The Morgan fingerprint density at radius 1 is 1.00 bits per heavy atom. The fourth-order valence-corrected chi connectivity index (χ4v) is 2.09. The van der Waals surface area contributed by atoms with Gasteiger partial charge in [0.15, 0.2) is 0 Å². The fourth-order valence-electron chi connectivity index (χ4n) is 2.09. The summed E-state index contributed by atoms with van der Waals surface area (Å²) in [5.41, 5.74) is 1.83. The Bertz CT molecular complexity index is 506. The van der Waals surface area contributed by atoms with Crippen molar-refractivity contribution in [2.75, 3.05) is 4.90 Å². The molecule has 1 aromatic rings. The smallest absolute Gasteiger partial charge is 0.258 e. The van der Waals surface area contributed by atoms with Gasteiger partial charge in [0.2, 0.25) is 0 Å². The lowest BCUT2D eigenvalue weighted by Gasteiger charge is -2.23. The number of rotatable bonds is 2. The minimum atomic E-state index is -0.263.